The third-order valence-electron chi connectivity index (χ3n) is 4.28. The first-order valence-corrected chi connectivity index (χ1v) is 7.45. The summed E-state index contributed by atoms with van der Waals surface area (Å²) in [5.74, 6) is 0.207. The van der Waals surface area contributed by atoms with E-state index in [2.05, 4.69) is 0 Å². The van der Waals surface area contributed by atoms with E-state index in [-0.39, 0.29) is 23.0 Å². The van der Waals surface area contributed by atoms with Gasteiger partial charge in [-0.25, -0.2) is 0 Å². The van der Waals surface area contributed by atoms with Crippen LogP contribution in [0.2, 0.25) is 0 Å². The average molecular weight is 318 g/mol. The molecule has 0 unspecified atom stereocenters. The van der Waals surface area contributed by atoms with Gasteiger partial charge in [-0.1, -0.05) is 24.3 Å². The molecule has 24 heavy (non-hydrogen) atoms. The van der Waals surface area contributed by atoms with Crippen molar-refractivity contribution in [2.75, 3.05) is 0 Å². The summed E-state index contributed by atoms with van der Waals surface area (Å²) < 4.78 is 0. The van der Waals surface area contributed by atoms with Gasteiger partial charge in [-0.05, 0) is 47.5 Å². The molecular formula is C20H14O4. The molecule has 4 rings (SSSR count). The second kappa shape index (κ2) is 5.06. The van der Waals surface area contributed by atoms with Crippen LogP contribution in [0.3, 0.4) is 0 Å². The number of aromatic hydroxyl groups is 4. The molecular weight excluding hydrogens is 304 g/mol. The molecule has 4 nitrogen and oxygen atoms in total. The summed E-state index contributed by atoms with van der Waals surface area (Å²) >= 11 is 0. The van der Waals surface area contributed by atoms with E-state index >= 15 is 0 Å². The van der Waals surface area contributed by atoms with Crippen LogP contribution in [0.1, 0.15) is 0 Å². The predicted octanol–water partition coefficient (Wildman–Crippen LogP) is 4.48. The minimum absolute atomic E-state index is 0.0371. The molecule has 4 N–H and O–H groups in total. The van der Waals surface area contributed by atoms with Gasteiger partial charge < -0.3 is 20.4 Å². The van der Waals surface area contributed by atoms with Gasteiger partial charge in [0.2, 0.25) is 0 Å². The summed E-state index contributed by atoms with van der Waals surface area (Å²) in [6.07, 6.45) is 0. The highest BCUT2D eigenvalue weighted by atomic mass is 16.3. The smallest absolute Gasteiger partial charge is 0.124 e. The second-order valence-electron chi connectivity index (χ2n) is 5.66. The van der Waals surface area contributed by atoms with Crippen molar-refractivity contribution in [2.24, 2.45) is 0 Å². The lowest BCUT2D eigenvalue weighted by molar-refractivity contribution is 0.475. The SMILES string of the molecule is Oc1ccc(-c2ccc(O)c3cccc(O)c23)c2c(O)cccc12. The fraction of sp³-hybridized carbons (Fsp3) is 0. The zero-order valence-electron chi connectivity index (χ0n) is 12.6. The van der Waals surface area contributed by atoms with E-state index < -0.39 is 0 Å². The molecule has 4 aromatic carbocycles. The lowest BCUT2D eigenvalue weighted by atomic mass is 9.92. The molecule has 0 atom stereocenters. The molecule has 0 heterocycles. The maximum atomic E-state index is 10.3. The molecule has 0 radical (unpaired) electrons. The van der Waals surface area contributed by atoms with E-state index in [1.807, 2.05) is 0 Å². The van der Waals surface area contributed by atoms with E-state index in [1.165, 1.54) is 0 Å². The number of phenolic OH excluding ortho intramolecular Hbond substituents is 4. The minimum atomic E-state index is 0.0371. The van der Waals surface area contributed by atoms with E-state index in [0.29, 0.717) is 32.7 Å². The van der Waals surface area contributed by atoms with Crippen LogP contribution in [0, 0.1) is 0 Å². The Labute approximate surface area is 137 Å². The first-order valence-electron chi connectivity index (χ1n) is 7.45. The highest BCUT2D eigenvalue weighted by Gasteiger charge is 2.16. The first-order chi connectivity index (χ1) is 11.6. The molecule has 0 amide bonds. The van der Waals surface area contributed by atoms with Crippen molar-refractivity contribution >= 4 is 21.5 Å². The van der Waals surface area contributed by atoms with Gasteiger partial charge in [0.1, 0.15) is 23.0 Å². The largest absolute Gasteiger partial charge is 0.507 e. The Hall–Kier alpha value is -3.40. The Morgan fingerprint density at radius 3 is 1.25 bits per heavy atom. The number of phenols is 4. The maximum Gasteiger partial charge on any atom is 0.124 e. The fourth-order valence-corrected chi connectivity index (χ4v) is 3.19. The van der Waals surface area contributed by atoms with Crippen LogP contribution in [0.25, 0.3) is 32.7 Å². The highest BCUT2D eigenvalue weighted by Crippen LogP contribution is 2.44. The molecule has 4 aromatic rings. The molecule has 0 aromatic heterocycles. The predicted molar refractivity (Wildman–Crippen MR) is 93.5 cm³/mol. The van der Waals surface area contributed by atoms with Gasteiger partial charge in [0.15, 0.2) is 0 Å². The van der Waals surface area contributed by atoms with Crippen molar-refractivity contribution < 1.29 is 20.4 Å². The molecule has 0 aliphatic heterocycles. The van der Waals surface area contributed by atoms with Crippen LogP contribution in [-0.2, 0) is 0 Å². The maximum absolute atomic E-state index is 10.3. The van der Waals surface area contributed by atoms with E-state index in [4.69, 9.17) is 0 Å². The van der Waals surface area contributed by atoms with Crippen molar-refractivity contribution in [3.8, 4) is 34.1 Å². The number of fused-ring (bicyclic) bond motifs is 2. The summed E-state index contributed by atoms with van der Waals surface area (Å²) in [5, 5.41) is 42.8. The average Bonchev–Trinajstić information content (AvgIpc) is 2.57. The summed E-state index contributed by atoms with van der Waals surface area (Å²) in [5.41, 5.74) is 1.32. The summed E-state index contributed by atoms with van der Waals surface area (Å²) in [7, 11) is 0. The molecule has 0 bridgehead atoms. The van der Waals surface area contributed by atoms with E-state index in [0.717, 1.165) is 0 Å². The van der Waals surface area contributed by atoms with Gasteiger partial charge in [0, 0.05) is 21.5 Å². The minimum Gasteiger partial charge on any atom is -0.507 e. The summed E-state index contributed by atoms with van der Waals surface area (Å²) in [6.45, 7) is 0. The molecule has 118 valence electrons. The number of rotatable bonds is 1. The van der Waals surface area contributed by atoms with Gasteiger partial charge in [0.25, 0.3) is 0 Å². The Balaban J connectivity index is 2.20. The Bertz CT molecular complexity index is 1010. The number of benzene rings is 4. The van der Waals surface area contributed by atoms with Gasteiger partial charge >= 0.3 is 0 Å². The topological polar surface area (TPSA) is 80.9 Å². The van der Waals surface area contributed by atoms with Crippen molar-refractivity contribution in [3.05, 3.63) is 60.7 Å². The third-order valence-corrected chi connectivity index (χ3v) is 4.28. The van der Waals surface area contributed by atoms with Crippen molar-refractivity contribution in [1.29, 1.82) is 0 Å². The zero-order chi connectivity index (χ0) is 16.8. The molecule has 0 fully saturated rings. The molecule has 0 saturated heterocycles. The van der Waals surface area contributed by atoms with Gasteiger partial charge in [0.05, 0.1) is 0 Å². The number of hydrogen-bond donors (Lipinski definition) is 4. The summed E-state index contributed by atoms with van der Waals surface area (Å²) in [4.78, 5) is 0. The van der Waals surface area contributed by atoms with Crippen LogP contribution < -0.4 is 0 Å². The lowest BCUT2D eigenvalue weighted by Gasteiger charge is -2.14. The zero-order valence-corrected chi connectivity index (χ0v) is 12.6. The Kier molecular flexibility index (Phi) is 3.00. The van der Waals surface area contributed by atoms with Gasteiger partial charge in [-0.2, -0.15) is 0 Å². The lowest BCUT2D eigenvalue weighted by Crippen LogP contribution is -1.86. The highest BCUT2D eigenvalue weighted by molar-refractivity contribution is 6.11. The van der Waals surface area contributed by atoms with Crippen molar-refractivity contribution in [2.45, 2.75) is 0 Å². The normalized spacial score (nSPS) is 11.2. The quantitative estimate of drug-likeness (QED) is 0.417. The van der Waals surface area contributed by atoms with E-state index in [9.17, 15) is 20.4 Å². The van der Waals surface area contributed by atoms with Crippen LogP contribution in [0.4, 0.5) is 0 Å². The van der Waals surface area contributed by atoms with E-state index in [1.54, 1.807) is 60.7 Å². The molecule has 0 aliphatic rings. The molecule has 0 saturated carbocycles. The Morgan fingerprint density at radius 2 is 0.833 bits per heavy atom. The molecule has 4 heteroatoms. The van der Waals surface area contributed by atoms with Crippen LogP contribution in [-0.4, -0.2) is 20.4 Å². The number of hydrogen-bond acceptors (Lipinski definition) is 4. The van der Waals surface area contributed by atoms with Crippen LogP contribution >= 0.6 is 0 Å². The third kappa shape index (κ3) is 1.93. The van der Waals surface area contributed by atoms with Crippen LogP contribution in [0.15, 0.2) is 60.7 Å². The van der Waals surface area contributed by atoms with Gasteiger partial charge in [-0.15, -0.1) is 0 Å². The summed E-state index contributed by atoms with van der Waals surface area (Å²) in [6, 6.07) is 16.3. The second-order valence-corrected chi connectivity index (χ2v) is 5.66. The standard InChI is InChI=1S/C20H14O4/c21-15-9-7-11(19-13(15)3-1-5-17(19)23)12-8-10-16(22)14-4-2-6-18(24)20(12)14/h1-10,21-24H. The first kappa shape index (κ1) is 14.2. The molecule has 0 aliphatic carbocycles. The fourth-order valence-electron chi connectivity index (χ4n) is 3.19. The van der Waals surface area contributed by atoms with Crippen molar-refractivity contribution in [3.63, 3.8) is 0 Å². The van der Waals surface area contributed by atoms with Crippen molar-refractivity contribution in [1.82, 2.24) is 0 Å². The van der Waals surface area contributed by atoms with Gasteiger partial charge in [-0.3, -0.25) is 0 Å². The monoisotopic (exact) mass is 318 g/mol. The molecule has 0 spiro atoms. The Morgan fingerprint density at radius 1 is 0.417 bits per heavy atom. The van der Waals surface area contributed by atoms with Crippen LogP contribution in [0.5, 0.6) is 23.0 Å².